The van der Waals surface area contributed by atoms with Gasteiger partial charge in [-0.25, -0.2) is 0 Å². The Morgan fingerprint density at radius 3 is 2.58 bits per heavy atom. The third-order valence-electron chi connectivity index (χ3n) is 3.98. The lowest BCUT2D eigenvalue weighted by atomic mass is 10.1. The van der Waals surface area contributed by atoms with Gasteiger partial charge in [0.25, 0.3) is 0 Å². The fourth-order valence-electron chi connectivity index (χ4n) is 2.68. The molecule has 2 rings (SSSR count). The maximum Gasteiger partial charge on any atom is 0.0451 e. The van der Waals surface area contributed by atoms with Crippen LogP contribution >= 0.6 is 11.6 Å². The zero-order valence-corrected chi connectivity index (χ0v) is 12.7. The van der Waals surface area contributed by atoms with Gasteiger partial charge < -0.3 is 4.90 Å². The van der Waals surface area contributed by atoms with Gasteiger partial charge in [-0.05, 0) is 44.1 Å². The van der Waals surface area contributed by atoms with Crippen LogP contribution in [0.5, 0.6) is 0 Å². The van der Waals surface area contributed by atoms with Crippen molar-refractivity contribution >= 4 is 11.6 Å². The van der Waals surface area contributed by atoms with E-state index in [9.17, 15) is 0 Å². The minimum Gasteiger partial charge on any atom is -0.302 e. The van der Waals surface area contributed by atoms with Crippen molar-refractivity contribution in [3.05, 3.63) is 34.9 Å². The Kier molecular flexibility index (Phi) is 6.15. The number of hydrogen-bond donors (Lipinski definition) is 0. The van der Waals surface area contributed by atoms with Gasteiger partial charge in [0.15, 0.2) is 0 Å². The average molecular weight is 281 g/mol. The van der Waals surface area contributed by atoms with Crippen molar-refractivity contribution in [3.63, 3.8) is 0 Å². The lowest BCUT2D eigenvalue weighted by Crippen LogP contribution is -2.37. The number of likely N-dealkylation sites (tertiary alicyclic amines) is 1. The van der Waals surface area contributed by atoms with Crippen LogP contribution in [0.2, 0.25) is 5.02 Å². The van der Waals surface area contributed by atoms with Gasteiger partial charge in [-0.1, -0.05) is 43.1 Å². The van der Waals surface area contributed by atoms with Gasteiger partial charge in [0.2, 0.25) is 0 Å². The summed E-state index contributed by atoms with van der Waals surface area (Å²) in [6.45, 7) is 9.17. The highest BCUT2D eigenvalue weighted by atomic mass is 35.5. The summed E-state index contributed by atoms with van der Waals surface area (Å²) in [6.07, 6.45) is 4.15. The number of benzene rings is 1. The van der Waals surface area contributed by atoms with Gasteiger partial charge >= 0.3 is 0 Å². The van der Waals surface area contributed by atoms with Crippen LogP contribution in [-0.2, 0) is 6.54 Å². The zero-order valence-electron chi connectivity index (χ0n) is 11.9. The largest absolute Gasteiger partial charge is 0.302 e. The molecular formula is C16H25ClN2. The predicted molar refractivity (Wildman–Crippen MR) is 82.7 cm³/mol. The van der Waals surface area contributed by atoms with Crippen LogP contribution < -0.4 is 0 Å². The first-order valence-corrected chi connectivity index (χ1v) is 7.85. The van der Waals surface area contributed by atoms with Crippen molar-refractivity contribution in [2.75, 3.05) is 32.7 Å². The van der Waals surface area contributed by atoms with Gasteiger partial charge in [-0.2, -0.15) is 0 Å². The monoisotopic (exact) mass is 280 g/mol. The summed E-state index contributed by atoms with van der Waals surface area (Å²) in [5.74, 6) is 0. The van der Waals surface area contributed by atoms with E-state index in [0.29, 0.717) is 0 Å². The van der Waals surface area contributed by atoms with Crippen LogP contribution in [0.3, 0.4) is 0 Å². The lowest BCUT2D eigenvalue weighted by molar-refractivity contribution is 0.181. The van der Waals surface area contributed by atoms with E-state index < -0.39 is 0 Å². The Morgan fingerprint density at radius 1 is 1.16 bits per heavy atom. The number of likely N-dealkylation sites (N-methyl/N-ethyl adjacent to an activating group) is 1. The molecular weight excluding hydrogens is 256 g/mol. The summed E-state index contributed by atoms with van der Waals surface area (Å²) >= 11 is 6.24. The molecule has 3 heteroatoms. The molecule has 0 atom stereocenters. The van der Waals surface area contributed by atoms with Crippen LogP contribution in [0.25, 0.3) is 0 Å². The summed E-state index contributed by atoms with van der Waals surface area (Å²) in [4.78, 5) is 5.08. The molecule has 1 aliphatic rings. The number of rotatable bonds is 6. The van der Waals surface area contributed by atoms with E-state index in [1.807, 2.05) is 12.1 Å². The first-order valence-electron chi connectivity index (χ1n) is 7.47. The highest BCUT2D eigenvalue weighted by molar-refractivity contribution is 6.31. The molecule has 0 amide bonds. The molecule has 1 aromatic rings. The van der Waals surface area contributed by atoms with Gasteiger partial charge in [0.1, 0.15) is 0 Å². The van der Waals surface area contributed by atoms with Gasteiger partial charge in [0.05, 0.1) is 0 Å². The second-order valence-electron chi connectivity index (χ2n) is 5.36. The Balaban J connectivity index is 1.81. The number of hydrogen-bond acceptors (Lipinski definition) is 2. The average Bonchev–Trinajstić information content (AvgIpc) is 2.46. The van der Waals surface area contributed by atoms with Crippen LogP contribution in [0, 0.1) is 0 Å². The number of nitrogens with zero attached hydrogens (tertiary/aromatic N) is 2. The minimum absolute atomic E-state index is 0.888. The second kappa shape index (κ2) is 7.88. The maximum absolute atomic E-state index is 6.24. The molecule has 106 valence electrons. The minimum atomic E-state index is 0.888. The quantitative estimate of drug-likeness (QED) is 0.785. The topological polar surface area (TPSA) is 6.48 Å². The van der Waals surface area contributed by atoms with Crippen LogP contribution in [0.15, 0.2) is 24.3 Å². The first-order chi connectivity index (χ1) is 9.29. The highest BCUT2D eigenvalue weighted by Crippen LogP contribution is 2.17. The van der Waals surface area contributed by atoms with E-state index in [-0.39, 0.29) is 0 Å². The maximum atomic E-state index is 6.24. The Morgan fingerprint density at radius 2 is 1.89 bits per heavy atom. The molecule has 2 nitrogen and oxygen atoms in total. The van der Waals surface area contributed by atoms with Crippen molar-refractivity contribution in [1.29, 1.82) is 0 Å². The summed E-state index contributed by atoms with van der Waals surface area (Å²) in [5.41, 5.74) is 1.24. The normalized spacial score (nSPS) is 17.0. The zero-order chi connectivity index (χ0) is 13.5. The van der Waals surface area contributed by atoms with Gasteiger partial charge in [-0.15, -0.1) is 0 Å². The summed E-state index contributed by atoms with van der Waals surface area (Å²) in [6, 6.07) is 8.18. The third kappa shape index (κ3) is 4.79. The van der Waals surface area contributed by atoms with Gasteiger partial charge in [-0.3, -0.25) is 4.90 Å². The third-order valence-corrected chi connectivity index (χ3v) is 4.35. The first kappa shape index (κ1) is 14.8. The summed E-state index contributed by atoms with van der Waals surface area (Å²) in [5, 5.41) is 0.888. The van der Waals surface area contributed by atoms with E-state index in [0.717, 1.165) is 24.7 Å². The highest BCUT2D eigenvalue weighted by Gasteiger charge is 2.12. The number of piperidine rings is 1. The summed E-state index contributed by atoms with van der Waals surface area (Å²) in [7, 11) is 0. The fourth-order valence-corrected chi connectivity index (χ4v) is 2.88. The van der Waals surface area contributed by atoms with Crippen molar-refractivity contribution in [2.24, 2.45) is 0 Å². The molecule has 0 saturated carbocycles. The smallest absolute Gasteiger partial charge is 0.0451 e. The fraction of sp³-hybridized carbons (Fsp3) is 0.625. The van der Waals surface area contributed by atoms with Crippen molar-refractivity contribution in [3.8, 4) is 0 Å². The molecule has 0 bridgehead atoms. The molecule has 1 aliphatic heterocycles. The van der Waals surface area contributed by atoms with Gasteiger partial charge in [0, 0.05) is 24.7 Å². The van der Waals surface area contributed by atoms with E-state index in [1.165, 1.54) is 44.5 Å². The predicted octanol–water partition coefficient (Wildman–Crippen LogP) is 3.65. The standard InChI is InChI=1S/C16H25ClN2/c1-2-18(12-13-19-10-6-3-7-11-19)14-15-8-4-5-9-16(15)17/h4-5,8-9H,2-3,6-7,10-14H2,1H3. The van der Waals surface area contributed by atoms with E-state index in [4.69, 9.17) is 11.6 Å². The molecule has 0 radical (unpaired) electrons. The number of halogens is 1. The van der Waals surface area contributed by atoms with E-state index in [1.54, 1.807) is 0 Å². The van der Waals surface area contributed by atoms with Crippen molar-refractivity contribution in [2.45, 2.75) is 32.7 Å². The van der Waals surface area contributed by atoms with Crippen molar-refractivity contribution < 1.29 is 0 Å². The second-order valence-corrected chi connectivity index (χ2v) is 5.77. The Labute approximate surface area is 122 Å². The molecule has 0 aliphatic carbocycles. The molecule has 0 unspecified atom stereocenters. The molecule has 1 aromatic carbocycles. The molecule has 1 heterocycles. The molecule has 0 N–H and O–H groups in total. The molecule has 1 fully saturated rings. The Bertz CT molecular complexity index is 375. The Hall–Kier alpha value is -0.570. The molecule has 0 spiro atoms. The SMILES string of the molecule is CCN(CCN1CCCCC1)Cc1ccccc1Cl. The molecule has 0 aromatic heterocycles. The molecule has 19 heavy (non-hydrogen) atoms. The van der Waals surface area contributed by atoms with E-state index in [2.05, 4.69) is 28.9 Å². The van der Waals surface area contributed by atoms with Crippen LogP contribution in [0.1, 0.15) is 31.7 Å². The lowest BCUT2D eigenvalue weighted by Gasteiger charge is -2.29. The summed E-state index contributed by atoms with van der Waals surface area (Å²) < 4.78 is 0. The van der Waals surface area contributed by atoms with Crippen LogP contribution in [-0.4, -0.2) is 42.5 Å². The van der Waals surface area contributed by atoms with Crippen LogP contribution in [0.4, 0.5) is 0 Å². The van der Waals surface area contributed by atoms with Crippen molar-refractivity contribution in [1.82, 2.24) is 9.80 Å². The molecule has 1 saturated heterocycles. The van der Waals surface area contributed by atoms with E-state index >= 15 is 0 Å².